The fourth-order valence-corrected chi connectivity index (χ4v) is 3.12. The lowest BCUT2D eigenvalue weighted by molar-refractivity contribution is -0.104. The maximum absolute atomic E-state index is 12.0. The number of nitrogens with one attached hydrogen (secondary N) is 1. The number of methoxy groups -OCH3 is 1. The fourth-order valence-electron chi connectivity index (χ4n) is 2.95. The Morgan fingerprint density at radius 3 is 2.55 bits per heavy atom. The van der Waals surface area contributed by atoms with Crippen molar-refractivity contribution < 1.29 is 14.3 Å². The number of aldehydes is 1. The molecular formula is C24H30ClNO3. The second-order valence-corrected chi connectivity index (χ2v) is 7.30. The van der Waals surface area contributed by atoms with Crippen molar-refractivity contribution in [2.24, 2.45) is 5.92 Å². The minimum Gasteiger partial charge on any atom is -0.495 e. The first-order valence-corrected chi connectivity index (χ1v) is 9.98. The number of ether oxygens (including phenoxy) is 1. The molecule has 4 nitrogen and oxygen atoms in total. The average molecular weight is 416 g/mol. The molecule has 156 valence electrons. The van der Waals surface area contributed by atoms with Crippen molar-refractivity contribution >= 4 is 29.2 Å². The van der Waals surface area contributed by atoms with Crippen LogP contribution in [0.15, 0.2) is 60.5 Å². The van der Waals surface area contributed by atoms with E-state index in [1.54, 1.807) is 24.4 Å². The van der Waals surface area contributed by atoms with Crippen LogP contribution < -0.4 is 5.32 Å². The van der Waals surface area contributed by atoms with Gasteiger partial charge in [-0.05, 0) is 62.9 Å². The zero-order chi connectivity index (χ0) is 21.8. The number of hydrogen-bond acceptors (Lipinski definition) is 4. The van der Waals surface area contributed by atoms with Gasteiger partial charge in [0.05, 0.1) is 7.11 Å². The van der Waals surface area contributed by atoms with Gasteiger partial charge in [-0.25, -0.2) is 0 Å². The minimum atomic E-state index is -0.119. The van der Waals surface area contributed by atoms with Crippen molar-refractivity contribution in [2.45, 2.75) is 40.2 Å². The first kappa shape index (κ1) is 24.4. The van der Waals surface area contributed by atoms with Crippen LogP contribution in [0.4, 0.5) is 0 Å². The first-order chi connectivity index (χ1) is 13.8. The van der Waals surface area contributed by atoms with Crippen LogP contribution in [0.5, 0.6) is 0 Å². The van der Waals surface area contributed by atoms with E-state index >= 15 is 0 Å². The molecule has 0 saturated carbocycles. The molecule has 0 aliphatic carbocycles. The van der Waals surface area contributed by atoms with Gasteiger partial charge in [0.1, 0.15) is 12.0 Å². The van der Waals surface area contributed by atoms with E-state index in [0.29, 0.717) is 39.7 Å². The Bertz CT molecular complexity index is 821. The highest BCUT2D eigenvalue weighted by Crippen LogP contribution is 2.29. The second-order valence-electron chi connectivity index (χ2n) is 6.87. The molecule has 1 N–H and O–H groups in total. The van der Waals surface area contributed by atoms with Crippen LogP contribution in [0.3, 0.4) is 0 Å². The topological polar surface area (TPSA) is 55.4 Å². The Balaban J connectivity index is 3.12. The molecule has 0 bridgehead atoms. The second kappa shape index (κ2) is 12.8. The molecule has 0 amide bonds. The Labute approximate surface area is 179 Å². The molecule has 0 radical (unpaired) electrons. The van der Waals surface area contributed by atoms with Gasteiger partial charge in [-0.1, -0.05) is 42.8 Å². The van der Waals surface area contributed by atoms with Crippen LogP contribution in [0, 0.1) is 5.92 Å². The molecule has 0 saturated heterocycles. The third kappa shape index (κ3) is 8.12. The van der Waals surface area contributed by atoms with E-state index in [9.17, 15) is 9.59 Å². The van der Waals surface area contributed by atoms with Crippen LogP contribution in [0.25, 0.3) is 5.57 Å². The highest BCUT2D eigenvalue weighted by atomic mass is 35.5. The third-order valence-electron chi connectivity index (χ3n) is 4.34. The molecule has 2 unspecified atom stereocenters. The number of carbonyl (C=O) groups is 2. The quantitative estimate of drug-likeness (QED) is 0.164. The van der Waals surface area contributed by atoms with Gasteiger partial charge >= 0.3 is 0 Å². The van der Waals surface area contributed by atoms with E-state index in [0.717, 1.165) is 6.42 Å². The number of ketones is 1. The predicted octanol–water partition coefficient (Wildman–Crippen LogP) is 5.75. The van der Waals surface area contributed by atoms with E-state index in [2.05, 4.69) is 25.2 Å². The molecule has 0 heterocycles. The number of carbonyl (C=O) groups excluding carboxylic acids is 2. The summed E-state index contributed by atoms with van der Waals surface area (Å²) in [5, 5.41) is 3.79. The monoisotopic (exact) mass is 415 g/mol. The molecular weight excluding hydrogens is 386 g/mol. The lowest BCUT2D eigenvalue weighted by Crippen LogP contribution is -2.23. The van der Waals surface area contributed by atoms with E-state index in [1.807, 2.05) is 25.2 Å². The van der Waals surface area contributed by atoms with Crippen molar-refractivity contribution in [3.05, 3.63) is 76.7 Å². The van der Waals surface area contributed by atoms with E-state index in [4.69, 9.17) is 16.3 Å². The summed E-state index contributed by atoms with van der Waals surface area (Å²) in [4.78, 5) is 23.3. The number of Topliss-reactive ketones (excluding diaryl/α,β-unsaturated/α-hetero) is 1. The summed E-state index contributed by atoms with van der Waals surface area (Å²) in [6, 6.07) is 5.15. The maximum atomic E-state index is 12.0. The number of halogens is 1. The van der Waals surface area contributed by atoms with Gasteiger partial charge in [0.2, 0.25) is 0 Å². The molecule has 0 fully saturated rings. The summed E-state index contributed by atoms with van der Waals surface area (Å²) in [6.45, 7) is 7.69. The standard InChI is InChI=1S/C24H30ClNO3/c1-6-7-8-9-17(2)14-18(3)26-16-24(29-5)22(12-13-27)23-15-20(25)10-11-21(23)19(4)28/h6-13,15-18,26H,14H2,1-5H3/b7-6-,9-8-,22-12-,24-16+. The Hall–Kier alpha value is -2.59. The summed E-state index contributed by atoms with van der Waals surface area (Å²) in [5.41, 5.74) is 1.53. The smallest absolute Gasteiger partial charge is 0.160 e. The van der Waals surface area contributed by atoms with Gasteiger partial charge in [-0.15, -0.1) is 0 Å². The third-order valence-corrected chi connectivity index (χ3v) is 4.57. The number of benzene rings is 1. The first-order valence-electron chi connectivity index (χ1n) is 9.60. The molecule has 0 aliphatic heterocycles. The van der Waals surface area contributed by atoms with E-state index < -0.39 is 0 Å². The number of hydrogen-bond donors (Lipinski definition) is 1. The van der Waals surface area contributed by atoms with Gasteiger partial charge in [0.15, 0.2) is 5.78 Å². The van der Waals surface area contributed by atoms with E-state index in [1.165, 1.54) is 20.1 Å². The molecule has 5 heteroatoms. The van der Waals surface area contributed by atoms with Crippen molar-refractivity contribution in [3.63, 3.8) is 0 Å². The van der Waals surface area contributed by atoms with Crippen molar-refractivity contribution in [2.75, 3.05) is 7.11 Å². The Kier molecular flexibility index (Phi) is 10.8. The summed E-state index contributed by atoms with van der Waals surface area (Å²) < 4.78 is 5.52. The predicted molar refractivity (Wildman–Crippen MR) is 121 cm³/mol. The van der Waals surface area contributed by atoms with Gasteiger partial charge < -0.3 is 10.1 Å². The SMILES string of the molecule is C/C=C\C=C/C(C)CC(C)N/C=C(OC)\C(=C/C=O)c1cc(Cl)ccc1C(C)=O. The molecule has 1 aromatic rings. The Morgan fingerprint density at radius 1 is 1.24 bits per heavy atom. The van der Waals surface area contributed by atoms with Crippen molar-refractivity contribution in [1.29, 1.82) is 0 Å². The van der Waals surface area contributed by atoms with Crippen molar-refractivity contribution in [3.8, 4) is 0 Å². The van der Waals surface area contributed by atoms with Crippen LogP contribution in [-0.4, -0.2) is 25.2 Å². The zero-order valence-corrected chi connectivity index (χ0v) is 18.5. The largest absolute Gasteiger partial charge is 0.495 e. The molecule has 2 atom stereocenters. The number of rotatable bonds is 11. The summed E-state index contributed by atoms with van der Waals surface area (Å²) in [6.07, 6.45) is 12.9. The van der Waals surface area contributed by atoms with Crippen LogP contribution in [0.1, 0.15) is 50.0 Å². The van der Waals surface area contributed by atoms with Crippen LogP contribution >= 0.6 is 11.6 Å². The average Bonchev–Trinajstić information content (AvgIpc) is 2.67. The molecule has 1 aromatic carbocycles. The molecule has 29 heavy (non-hydrogen) atoms. The summed E-state index contributed by atoms with van der Waals surface area (Å²) in [5.74, 6) is 0.730. The molecule has 0 spiro atoms. The molecule has 0 aromatic heterocycles. The summed E-state index contributed by atoms with van der Waals surface area (Å²) >= 11 is 6.14. The lowest BCUT2D eigenvalue weighted by atomic mass is 9.96. The minimum absolute atomic E-state index is 0.119. The van der Waals surface area contributed by atoms with Crippen LogP contribution in [0.2, 0.25) is 5.02 Å². The van der Waals surface area contributed by atoms with Gasteiger partial charge in [-0.3, -0.25) is 9.59 Å². The lowest BCUT2D eigenvalue weighted by Gasteiger charge is -2.18. The molecule has 1 rings (SSSR count). The van der Waals surface area contributed by atoms with Crippen molar-refractivity contribution in [1.82, 2.24) is 5.32 Å². The molecule has 0 aliphatic rings. The maximum Gasteiger partial charge on any atom is 0.160 e. The van der Waals surface area contributed by atoms with Crippen LogP contribution in [-0.2, 0) is 9.53 Å². The van der Waals surface area contributed by atoms with Gasteiger partial charge in [0, 0.05) is 28.4 Å². The highest BCUT2D eigenvalue weighted by Gasteiger charge is 2.17. The highest BCUT2D eigenvalue weighted by molar-refractivity contribution is 6.31. The zero-order valence-electron chi connectivity index (χ0n) is 17.7. The Morgan fingerprint density at radius 2 is 1.97 bits per heavy atom. The van der Waals surface area contributed by atoms with E-state index in [-0.39, 0.29) is 11.8 Å². The summed E-state index contributed by atoms with van der Waals surface area (Å²) in [7, 11) is 1.53. The fraction of sp³-hybridized carbons (Fsp3) is 0.333. The van der Waals surface area contributed by atoms with Gasteiger partial charge in [0.25, 0.3) is 0 Å². The number of allylic oxidation sites excluding steroid dienone is 6. The van der Waals surface area contributed by atoms with Gasteiger partial charge in [-0.2, -0.15) is 0 Å². The normalized spacial score (nSPS) is 14.8.